The number of para-hydroxylation sites is 2. The van der Waals surface area contributed by atoms with E-state index in [0.717, 1.165) is 5.52 Å². The molecule has 1 aliphatic heterocycles. The van der Waals surface area contributed by atoms with Gasteiger partial charge in [-0.25, -0.2) is 12.7 Å². The van der Waals surface area contributed by atoms with Crippen LogP contribution in [0.2, 0.25) is 0 Å². The summed E-state index contributed by atoms with van der Waals surface area (Å²) in [5.41, 5.74) is 1.46. The van der Waals surface area contributed by atoms with Gasteiger partial charge in [0.2, 0.25) is 10.0 Å². The minimum absolute atomic E-state index is 0.0396. The van der Waals surface area contributed by atoms with Gasteiger partial charge in [-0.1, -0.05) is 12.1 Å². The zero-order chi connectivity index (χ0) is 15.7. The minimum atomic E-state index is -3.27. The van der Waals surface area contributed by atoms with E-state index in [2.05, 4.69) is 10.3 Å². The molecule has 2 heterocycles. The lowest BCUT2D eigenvalue weighted by atomic mass is 10.1. The van der Waals surface area contributed by atoms with E-state index in [9.17, 15) is 8.42 Å². The zero-order valence-corrected chi connectivity index (χ0v) is 13.3. The molecule has 120 valence electrons. The molecule has 22 heavy (non-hydrogen) atoms. The maximum atomic E-state index is 12.0. The van der Waals surface area contributed by atoms with E-state index in [4.69, 9.17) is 9.15 Å². The minimum Gasteiger partial charge on any atom is -0.424 e. The fraction of sp³-hybridized carbons (Fsp3) is 0.500. The Hall–Kier alpha value is -1.64. The number of sulfonamides is 1. The molecule has 1 N–H and O–H groups in total. The van der Waals surface area contributed by atoms with E-state index < -0.39 is 10.0 Å². The third-order valence-corrected chi connectivity index (χ3v) is 5.74. The fourth-order valence-electron chi connectivity index (χ4n) is 2.43. The SMILES string of the molecule is CN(C)S(=O)(=O)C[C@@H]1COC[C@H]1Nc1nc2ccccc2o1. The van der Waals surface area contributed by atoms with Crippen molar-refractivity contribution in [2.75, 3.05) is 38.4 Å². The van der Waals surface area contributed by atoms with Crippen molar-refractivity contribution in [1.82, 2.24) is 9.29 Å². The highest BCUT2D eigenvalue weighted by Gasteiger charge is 2.34. The summed E-state index contributed by atoms with van der Waals surface area (Å²) in [6.07, 6.45) is 0. The second-order valence-electron chi connectivity index (χ2n) is 5.60. The van der Waals surface area contributed by atoms with Crippen molar-refractivity contribution in [2.45, 2.75) is 6.04 Å². The molecule has 1 aliphatic rings. The number of nitrogens with zero attached hydrogens (tertiary/aromatic N) is 2. The Morgan fingerprint density at radius 2 is 2.09 bits per heavy atom. The van der Waals surface area contributed by atoms with Crippen molar-refractivity contribution in [3.05, 3.63) is 24.3 Å². The maximum Gasteiger partial charge on any atom is 0.295 e. The van der Waals surface area contributed by atoms with Gasteiger partial charge >= 0.3 is 0 Å². The summed E-state index contributed by atoms with van der Waals surface area (Å²) in [7, 11) is -0.197. The molecular weight excluding hydrogens is 306 g/mol. The first kappa shape index (κ1) is 15.3. The number of hydrogen-bond acceptors (Lipinski definition) is 6. The Morgan fingerprint density at radius 3 is 2.82 bits per heavy atom. The Morgan fingerprint density at radius 1 is 1.32 bits per heavy atom. The average Bonchev–Trinajstić information content (AvgIpc) is 3.05. The molecule has 7 nitrogen and oxygen atoms in total. The zero-order valence-electron chi connectivity index (χ0n) is 12.5. The first-order valence-corrected chi connectivity index (χ1v) is 8.67. The van der Waals surface area contributed by atoms with Crippen LogP contribution in [0.3, 0.4) is 0 Å². The molecule has 1 fully saturated rings. The van der Waals surface area contributed by atoms with Crippen LogP contribution in [0.5, 0.6) is 0 Å². The monoisotopic (exact) mass is 325 g/mol. The number of ether oxygens (including phenoxy) is 1. The highest BCUT2D eigenvalue weighted by Crippen LogP contribution is 2.23. The molecule has 1 saturated heterocycles. The van der Waals surface area contributed by atoms with Crippen molar-refractivity contribution in [3.8, 4) is 0 Å². The van der Waals surface area contributed by atoms with Crippen LogP contribution >= 0.6 is 0 Å². The molecule has 0 amide bonds. The van der Waals surface area contributed by atoms with Crippen LogP contribution in [-0.2, 0) is 14.8 Å². The third-order valence-electron chi connectivity index (χ3n) is 3.78. The number of aromatic nitrogens is 1. The van der Waals surface area contributed by atoms with Gasteiger partial charge in [-0.05, 0) is 12.1 Å². The van der Waals surface area contributed by atoms with Gasteiger partial charge in [0.15, 0.2) is 5.58 Å². The third kappa shape index (κ3) is 3.08. The quantitative estimate of drug-likeness (QED) is 0.887. The predicted octanol–water partition coefficient (Wildman–Crippen LogP) is 1.15. The second-order valence-corrected chi connectivity index (χ2v) is 7.82. The van der Waals surface area contributed by atoms with E-state index in [1.165, 1.54) is 18.4 Å². The number of hydrogen-bond donors (Lipinski definition) is 1. The van der Waals surface area contributed by atoms with E-state index in [1.54, 1.807) is 0 Å². The molecule has 2 atom stereocenters. The molecule has 1 aromatic carbocycles. The predicted molar refractivity (Wildman–Crippen MR) is 83.2 cm³/mol. The van der Waals surface area contributed by atoms with Crippen molar-refractivity contribution in [3.63, 3.8) is 0 Å². The van der Waals surface area contributed by atoms with Crippen LogP contribution in [0.25, 0.3) is 11.1 Å². The molecule has 3 rings (SSSR count). The standard InChI is InChI=1S/C14H19N3O4S/c1-17(2)22(18,19)9-10-7-20-8-12(10)16-14-15-11-5-3-4-6-13(11)21-14/h3-6,10,12H,7-9H2,1-2H3,(H,15,16)/t10-,12+/m0/s1. The summed E-state index contributed by atoms with van der Waals surface area (Å²) in [5.74, 6) is -0.0971. The summed E-state index contributed by atoms with van der Waals surface area (Å²) in [5, 5.41) is 3.16. The summed E-state index contributed by atoms with van der Waals surface area (Å²) >= 11 is 0. The fourth-order valence-corrected chi connectivity index (χ4v) is 3.60. The van der Waals surface area contributed by atoms with Crippen LogP contribution in [-0.4, -0.2) is 56.8 Å². The van der Waals surface area contributed by atoms with Gasteiger partial charge in [0, 0.05) is 20.0 Å². The van der Waals surface area contributed by atoms with Crippen molar-refractivity contribution in [1.29, 1.82) is 0 Å². The molecular formula is C14H19N3O4S. The number of fused-ring (bicyclic) bond motifs is 1. The molecule has 0 radical (unpaired) electrons. The first-order valence-electron chi connectivity index (χ1n) is 7.06. The van der Waals surface area contributed by atoms with Crippen molar-refractivity contribution in [2.24, 2.45) is 5.92 Å². The van der Waals surface area contributed by atoms with E-state index in [0.29, 0.717) is 24.8 Å². The van der Waals surface area contributed by atoms with E-state index >= 15 is 0 Å². The molecule has 2 aromatic rings. The largest absolute Gasteiger partial charge is 0.424 e. The van der Waals surface area contributed by atoms with Gasteiger partial charge in [-0.2, -0.15) is 4.98 Å². The topological polar surface area (TPSA) is 84.7 Å². The molecule has 1 aromatic heterocycles. The number of anilines is 1. The maximum absolute atomic E-state index is 12.0. The van der Waals surface area contributed by atoms with Gasteiger partial charge in [0.05, 0.1) is 25.0 Å². The van der Waals surface area contributed by atoms with Crippen LogP contribution < -0.4 is 5.32 Å². The number of rotatable bonds is 5. The average molecular weight is 325 g/mol. The molecule has 0 saturated carbocycles. The highest BCUT2D eigenvalue weighted by atomic mass is 32.2. The van der Waals surface area contributed by atoms with Crippen molar-refractivity contribution >= 4 is 27.1 Å². The molecule has 8 heteroatoms. The van der Waals surface area contributed by atoms with Crippen LogP contribution in [0.1, 0.15) is 0 Å². The Bertz CT molecular complexity index is 723. The Labute approximate surface area is 129 Å². The Balaban J connectivity index is 1.73. The Kier molecular flexibility index (Phi) is 4.07. The van der Waals surface area contributed by atoms with Gasteiger partial charge in [-0.15, -0.1) is 0 Å². The van der Waals surface area contributed by atoms with Gasteiger partial charge < -0.3 is 14.5 Å². The molecule has 0 aliphatic carbocycles. The van der Waals surface area contributed by atoms with Crippen LogP contribution in [0.4, 0.5) is 6.01 Å². The van der Waals surface area contributed by atoms with Crippen LogP contribution in [0.15, 0.2) is 28.7 Å². The summed E-state index contributed by atoms with van der Waals surface area (Å²) < 4.78 is 36.3. The van der Waals surface area contributed by atoms with Crippen LogP contribution in [0, 0.1) is 5.92 Å². The lowest BCUT2D eigenvalue weighted by Gasteiger charge is -2.20. The van der Waals surface area contributed by atoms with Gasteiger partial charge in [-0.3, -0.25) is 0 Å². The van der Waals surface area contributed by atoms with Gasteiger partial charge in [0.1, 0.15) is 5.52 Å². The highest BCUT2D eigenvalue weighted by molar-refractivity contribution is 7.89. The lowest BCUT2D eigenvalue weighted by Crippen LogP contribution is -2.36. The van der Waals surface area contributed by atoms with Gasteiger partial charge in [0.25, 0.3) is 6.01 Å². The normalized spacial score (nSPS) is 22.5. The van der Waals surface area contributed by atoms with E-state index in [1.807, 2.05) is 24.3 Å². The lowest BCUT2D eigenvalue weighted by molar-refractivity contribution is 0.187. The summed E-state index contributed by atoms with van der Waals surface area (Å²) in [4.78, 5) is 4.35. The summed E-state index contributed by atoms with van der Waals surface area (Å²) in [6, 6.07) is 7.73. The first-order chi connectivity index (χ1) is 10.5. The molecule has 0 unspecified atom stereocenters. The smallest absolute Gasteiger partial charge is 0.295 e. The number of benzene rings is 1. The second kappa shape index (κ2) is 5.86. The number of nitrogens with one attached hydrogen (secondary N) is 1. The summed E-state index contributed by atoms with van der Waals surface area (Å²) in [6.45, 7) is 0.845. The molecule has 0 spiro atoms. The molecule has 0 bridgehead atoms. The number of oxazole rings is 1. The van der Waals surface area contributed by atoms with E-state index in [-0.39, 0.29) is 17.7 Å². The van der Waals surface area contributed by atoms with Crippen molar-refractivity contribution < 1.29 is 17.6 Å².